The fraction of sp³-hybridized carbons (Fsp3) is 0.312. The quantitative estimate of drug-likeness (QED) is 0.538. The van der Waals surface area contributed by atoms with Crippen molar-refractivity contribution in [3.63, 3.8) is 0 Å². The summed E-state index contributed by atoms with van der Waals surface area (Å²) in [5, 5.41) is 6.10. The van der Waals surface area contributed by atoms with Crippen molar-refractivity contribution in [2.24, 2.45) is 4.99 Å². The maximum absolute atomic E-state index is 12.3. The first kappa shape index (κ1) is 18.5. The van der Waals surface area contributed by atoms with E-state index in [1.807, 2.05) is 13.0 Å². The lowest BCUT2D eigenvalue weighted by molar-refractivity contribution is 0.512. The number of hydrogen-bond acceptors (Lipinski definition) is 4. The molecule has 2 aromatic rings. The zero-order chi connectivity index (χ0) is 17.4. The third kappa shape index (κ3) is 5.68. The molecule has 0 bridgehead atoms. The van der Waals surface area contributed by atoms with E-state index in [2.05, 4.69) is 31.6 Å². The number of furan rings is 1. The normalized spacial score (nSPS) is 12.2. The number of sulfone groups is 1. The fourth-order valence-electron chi connectivity index (χ4n) is 1.96. The van der Waals surface area contributed by atoms with Crippen LogP contribution in [-0.4, -0.2) is 33.2 Å². The topological polar surface area (TPSA) is 83.7 Å². The van der Waals surface area contributed by atoms with E-state index in [1.165, 1.54) is 0 Å². The van der Waals surface area contributed by atoms with Crippen molar-refractivity contribution in [2.75, 3.05) is 18.8 Å². The van der Waals surface area contributed by atoms with Gasteiger partial charge in [0.05, 0.1) is 16.9 Å². The average Bonchev–Trinajstić information content (AvgIpc) is 3.06. The second kappa shape index (κ2) is 8.89. The Labute approximate surface area is 150 Å². The first-order valence-electron chi connectivity index (χ1n) is 7.54. The molecule has 0 atom stereocenters. The summed E-state index contributed by atoms with van der Waals surface area (Å²) >= 11 is 3.30. The number of aliphatic imine (C=N–C) groups is 1. The monoisotopic (exact) mass is 413 g/mol. The van der Waals surface area contributed by atoms with Crippen LogP contribution in [0.15, 0.2) is 61.4 Å². The number of nitrogens with one attached hydrogen (secondary N) is 2. The van der Waals surface area contributed by atoms with Gasteiger partial charge in [-0.3, -0.25) is 0 Å². The Kier molecular flexibility index (Phi) is 6.86. The summed E-state index contributed by atoms with van der Waals surface area (Å²) in [6.07, 6.45) is 1.59. The molecular weight excluding hydrogens is 394 g/mol. The summed E-state index contributed by atoms with van der Waals surface area (Å²) in [5.74, 6) is 1.29. The van der Waals surface area contributed by atoms with Crippen molar-refractivity contribution >= 4 is 31.7 Å². The second-order valence-corrected chi connectivity index (χ2v) is 8.00. The van der Waals surface area contributed by atoms with Crippen molar-refractivity contribution < 1.29 is 12.8 Å². The summed E-state index contributed by atoms with van der Waals surface area (Å²) in [7, 11) is -3.33. The Hall–Kier alpha value is -1.80. The van der Waals surface area contributed by atoms with Crippen LogP contribution in [0.5, 0.6) is 0 Å². The van der Waals surface area contributed by atoms with Crippen LogP contribution >= 0.6 is 15.9 Å². The average molecular weight is 414 g/mol. The van der Waals surface area contributed by atoms with E-state index >= 15 is 0 Å². The lowest BCUT2D eigenvalue weighted by atomic mass is 10.4. The molecule has 0 radical (unpaired) electrons. The highest BCUT2D eigenvalue weighted by atomic mass is 79.9. The third-order valence-corrected chi connectivity index (χ3v) is 5.41. The maximum atomic E-state index is 12.3. The molecule has 0 aliphatic rings. The van der Waals surface area contributed by atoms with Crippen molar-refractivity contribution in [1.82, 2.24) is 10.6 Å². The summed E-state index contributed by atoms with van der Waals surface area (Å²) in [5.41, 5.74) is 0. The van der Waals surface area contributed by atoms with Crippen molar-refractivity contribution in [3.8, 4) is 0 Å². The standard InChI is InChI=1S/C16H20BrN3O3S/c1-2-18-16(20-12-14-4-3-10-23-14)19-9-11-24(21,22)15-7-5-13(17)6-8-15/h3-8,10H,2,9,11-12H2,1H3,(H2,18,19,20). The number of halogens is 1. The van der Waals surface area contributed by atoms with Gasteiger partial charge in [0.15, 0.2) is 15.8 Å². The van der Waals surface area contributed by atoms with Crippen LogP contribution in [0.2, 0.25) is 0 Å². The molecule has 0 spiro atoms. The van der Waals surface area contributed by atoms with Gasteiger partial charge in [-0.25, -0.2) is 13.4 Å². The van der Waals surface area contributed by atoms with Gasteiger partial charge in [-0.1, -0.05) is 15.9 Å². The fourth-order valence-corrected chi connectivity index (χ4v) is 3.39. The molecule has 0 saturated carbocycles. The predicted octanol–water partition coefficient (Wildman–Crippen LogP) is 2.57. The summed E-state index contributed by atoms with van der Waals surface area (Å²) < 4.78 is 30.7. The van der Waals surface area contributed by atoms with Gasteiger partial charge in [-0.15, -0.1) is 0 Å². The molecule has 1 aromatic heterocycles. The molecular formula is C16H20BrN3O3S. The number of rotatable bonds is 7. The summed E-state index contributed by atoms with van der Waals surface area (Å²) in [6.45, 7) is 3.29. The zero-order valence-electron chi connectivity index (χ0n) is 13.3. The minimum atomic E-state index is -3.33. The number of benzene rings is 1. The number of nitrogens with zero attached hydrogens (tertiary/aromatic N) is 1. The largest absolute Gasteiger partial charge is 0.467 e. The number of hydrogen-bond donors (Lipinski definition) is 2. The highest BCUT2D eigenvalue weighted by Gasteiger charge is 2.14. The van der Waals surface area contributed by atoms with E-state index in [1.54, 1.807) is 36.6 Å². The van der Waals surface area contributed by atoms with Crippen molar-refractivity contribution in [3.05, 3.63) is 52.9 Å². The first-order chi connectivity index (χ1) is 11.5. The van der Waals surface area contributed by atoms with Gasteiger partial charge in [-0.05, 0) is 43.3 Å². The van der Waals surface area contributed by atoms with Gasteiger partial charge in [0.1, 0.15) is 12.3 Å². The Morgan fingerprint density at radius 1 is 1.21 bits per heavy atom. The van der Waals surface area contributed by atoms with E-state index in [-0.39, 0.29) is 12.3 Å². The Bertz CT molecular complexity index is 756. The van der Waals surface area contributed by atoms with E-state index < -0.39 is 9.84 Å². The van der Waals surface area contributed by atoms with Crippen LogP contribution in [0.25, 0.3) is 0 Å². The molecule has 6 nitrogen and oxygen atoms in total. The van der Waals surface area contributed by atoms with Crippen LogP contribution in [-0.2, 0) is 16.4 Å². The molecule has 2 N–H and O–H groups in total. The van der Waals surface area contributed by atoms with Crippen molar-refractivity contribution in [1.29, 1.82) is 0 Å². The van der Waals surface area contributed by atoms with Gasteiger partial charge in [0, 0.05) is 17.6 Å². The van der Waals surface area contributed by atoms with Crippen LogP contribution in [0, 0.1) is 0 Å². The summed E-state index contributed by atoms with van der Waals surface area (Å²) in [6, 6.07) is 10.3. The Morgan fingerprint density at radius 2 is 1.96 bits per heavy atom. The lowest BCUT2D eigenvalue weighted by Crippen LogP contribution is -2.39. The molecule has 130 valence electrons. The van der Waals surface area contributed by atoms with Gasteiger partial charge in [0.25, 0.3) is 0 Å². The van der Waals surface area contributed by atoms with Crippen LogP contribution < -0.4 is 10.6 Å². The zero-order valence-corrected chi connectivity index (χ0v) is 15.7. The van der Waals surface area contributed by atoms with Crippen LogP contribution in [0.3, 0.4) is 0 Å². The molecule has 1 aromatic carbocycles. The Morgan fingerprint density at radius 3 is 2.58 bits per heavy atom. The molecule has 0 aliphatic heterocycles. The molecule has 0 saturated heterocycles. The molecule has 2 rings (SSSR count). The van der Waals surface area contributed by atoms with Gasteiger partial charge < -0.3 is 15.1 Å². The highest BCUT2D eigenvalue weighted by molar-refractivity contribution is 9.10. The molecule has 1 heterocycles. The first-order valence-corrected chi connectivity index (χ1v) is 9.98. The SMILES string of the molecule is CCNC(=NCc1ccco1)NCCS(=O)(=O)c1ccc(Br)cc1. The molecule has 0 amide bonds. The van der Waals surface area contributed by atoms with Gasteiger partial charge >= 0.3 is 0 Å². The van der Waals surface area contributed by atoms with Crippen molar-refractivity contribution in [2.45, 2.75) is 18.4 Å². The van der Waals surface area contributed by atoms with E-state index in [9.17, 15) is 8.42 Å². The molecule has 8 heteroatoms. The van der Waals surface area contributed by atoms with Gasteiger partial charge in [-0.2, -0.15) is 0 Å². The van der Waals surface area contributed by atoms with E-state index in [0.717, 1.165) is 10.2 Å². The van der Waals surface area contributed by atoms with Crippen LogP contribution in [0.1, 0.15) is 12.7 Å². The minimum absolute atomic E-state index is 0.0141. The van der Waals surface area contributed by atoms with E-state index in [4.69, 9.17) is 4.42 Å². The summed E-state index contributed by atoms with van der Waals surface area (Å²) in [4.78, 5) is 4.67. The van der Waals surface area contributed by atoms with E-state index in [0.29, 0.717) is 23.9 Å². The molecule has 0 fully saturated rings. The Balaban J connectivity index is 1.91. The number of guanidine groups is 1. The van der Waals surface area contributed by atoms with Crippen LogP contribution in [0.4, 0.5) is 0 Å². The smallest absolute Gasteiger partial charge is 0.191 e. The third-order valence-electron chi connectivity index (χ3n) is 3.15. The van der Waals surface area contributed by atoms with Gasteiger partial charge in [0.2, 0.25) is 0 Å². The lowest BCUT2D eigenvalue weighted by Gasteiger charge is -2.11. The second-order valence-electron chi connectivity index (χ2n) is 4.97. The maximum Gasteiger partial charge on any atom is 0.191 e. The predicted molar refractivity (Wildman–Crippen MR) is 97.7 cm³/mol. The minimum Gasteiger partial charge on any atom is -0.467 e. The highest BCUT2D eigenvalue weighted by Crippen LogP contribution is 2.15. The molecule has 24 heavy (non-hydrogen) atoms. The molecule has 0 aliphatic carbocycles. The molecule has 0 unspecified atom stereocenters.